The number of aromatic nitrogens is 2. The summed E-state index contributed by atoms with van der Waals surface area (Å²) in [7, 11) is 1.52. The molecule has 0 aliphatic rings. The molecule has 1 aromatic heterocycles. The van der Waals surface area contributed by atoms with Gasteiger partial charge in [-0.3, -0.25) is 4.99 Å². The van der Waals surface area contributed by atoms with Gasteiger partial charge in [-0.05, 0) is 11.8 Å². The lowest BCUT2D eigenvalue weighted by Crippen LogP contribution is -2.11. The summed E-state index contributed by atoms with van der Waals surface area (Å²) in [6.45, 7) is 1.89. The van der Waals surface area contributed by atoms with Crippen molar-refractivity contribution in [1.82, 2.24) is 9.97 Å². The molecule has 0 N–H and O–H groups in total. The van der Waals surface area contributed by atoms with Crippen LogP contribution in [-0.2, 0) is 6.18 Å². The fourth-order valence-electron chi connectivity index (χ4n) is 1.02. The van der Waals surface area contributed by atoms with Gasteiger partial charge in [0, 0.05) is 7.05 Å². The van der Waals surface area contributed by atoms with Crippen LogP contribution in [0.15, 0.2) is 17.4 Å². The summed E-state index contributed by atoms with van der Waals surface area (Å²) in [6.07, 6.45) is -3.55. The van der Waals surface area contributed by atoms with E-state index in [2.05, 4.69) is 15.0 Å². The van der Waals surface area contributed by atoms with E-state index < -0.39 is 11.9 Å². The van der Waals surface area contributed by atoms with E-state index in [1.807, 2.05) is 6.92 Å². The molecule has 16 heavy (non-hydrogen) atoms. The average molecular weight is 249 g/mol. The lowest BCUT2D eigenvalue weighted by Gasteiger charge is -2.07. The van der Waals surface area contributed by atoms with E-state index in [9.17, 15) is 13.2 Å². The van der Waals surface area contributed by atoms with Crippen molar-refractivity contribution in [3.05, 3.63) is 23.8 Å². The van der Waals surface area contributed by atoms with Crippen molar-refractivity contribution >= 4 is 16.8 Å². The van der Waals surface area contributed by atoms with Crippen molar-refractivity contribution < 1.29 is 13.2 Å². The van der Waals surface area contributed by atoms with E-state index in [0.717, 1.165) is 18.1 Å². The summed E-state index contributed by atoms with van der Waals surface area (Å²) < 4.78 is 37.2. The van der Waals surface area contributed by atoms with Gasteiger partial charge in [0.25, 0.3) is 0 Å². The number of hydrogen-bond acceptors (Lipinski definition) is 4. The lowest BCUT2D eigenvalue weighted by molar-refractivity contribution is -0.141. The Labute approximate surface area is 95.2 Å². The number of halogens is 3. The van der Waals surface area contributed by atoms with Gasteiger partial charge < -0.3 is 0 Å². The van der Waals surface area contributed by atoms with E-state index in [0.29, 0.717) is 5.04 Å². The van der Waals surface area contributed by atoms with Gasteiger partial charge in [0.15, 0.2) is 0 Å². The Hall–Kier alpha value is -1.11. The number of rotatable bonds is 2. The highest BCUT2D eigenvalue weighted by Gasteiger charge is 2.33. The van der Waals surface area contributed by atoms with Gasteiger partial charge in [-0.2, -0.15) is 13.2 Å². The first-order valence-electron chi connectivity index (χ1n) is 4.48. The zero-order chi connectivity index (χ0) is 12.2. The predicted octanol–water partition coefficient (Wildman–Crippen LogP) is 2.62. The molecule has 7 heteroatoms. The second kappa shape index (κ2) is 5.29. The minimum Gasteiger partial charge on any atom is -0.280 e. The first kappa shape index (κ1) is 13.0. The molecular formula is C9H10F3N3S. The summed E-state index contributed by atoms with van der Waals surface area (Å²) in [5.41, 5.74) is -0.743. The molecule has 0 fully saturated rings. The van der Waals surface area contributed by atoms with E-state index in [1.54, 1.807) is 0 Å². The van der Waals surface area contributed by atoms with Crippen molar-refractivity contribution in [2.45, 2.75) is 13.1 Å². The molecule has 3 nitrogen and oxygen atoms in total. The second-order valence-electron chi connectivity index (χ2n) is 2.75. The molecule has 0 saturated heterocycles. The van der Waals surface area contributed by atoms with Gasteiger partial charge in [0.1, 0.15) is 17.1 Å². The summed E-state index contributed by atoms with van der Waals surface area (Å²) in [5.74, 6) is 0.720. The number of thioether (sulfide) groups is 1. The first-order valence-corrected chi connectivity index (χ1v) is 5.46. The molecule has 0 spiro atoms. The molecule has 0 unspecified atom stereocenters. The van der Waals surface area contributed by atoms with Gasteiger partial charge in [-0.15, -0.1) is 11.8 Å². The van der Waals surface area contributed by atoms with Crippen molar-refractivity contribution in [2.24, 2.45) is 4.99 Å². The number of hydrogen-bond donors (Lipinski definition) is 0. The molecule has 0 aliphatic heterocycles. The van der Waals surface area contributed by atoms with Crippen LogP contribution in [0, 0.1) is 0 Å². The zero-order valence-electron chi connectivity index (χ0n) is 8.75. The van der Waals surface area contributed by atoms with Crippen LogP contribution < -0.4 is 0 Å². The van der Waals surface area contributed by atoms with Crippen LogP contribution in [0.3, 0.4) is 0 Å². The van der Waals surface area contributed by atoms with Crippen LogP contribution in [0.1, 0.15) is 18.3 Å². The Bertz CT molecular complexity index is 390. The zero-order valence-corrected chi connectivity index (χ0v) is 9.56. The molecule has 0 aromatic carbocycles. The molecule has 0 saturated carbocycles. The Morgan fingerprint density at radius 1 is 1.44 bits per heavy atom. The smallest absolute Gasteiger partial charge is 0.280 e. The van der Waals surface area contributed by atoms with Crippen molar-refractivity contribution in [2.75, 3.05) is 12.8 Å². The Kier molecular flexibility index (Phi) is 4.28. The molecule has 0 radical (unpaired) electrons. The lowest BCUT2D eigenvalue weighted by atomic mass is 10.3. The van der Waals surface area contributed by atoms with Crippen molar-refractivity contribution in [3.8, 4) is 0 Å². The Balaban J connectivity index is 3.07. The van der Waals surface area contributed by atoms with E-state index in [1.165, 1.54) is 18.8 Å². The van der Waals surface area contributed by atoms with E-state index >= 15 is 0 Å². The van der Waals surface area contributed by atoms with Gasteiger partial charge in [-0.25, -0.2) is 9.97 Å². The SMILES string of the molecule is CCSC(=NC)c1cc(C(F)(F)F)ncn1. The number of aliphatic imine (C=N–C) groups is 1. The second-order valence-corrected chi connectivity index (χ2v) is 4.00. The monoisotopic (exact) mass is 249 g/mol. The fraction of sp³-hybridized carbons (Fsp3) is 0.444. The van der Waals surface area contributed by atoms with E-state index in [-0.39, 0.29) is 5.69 Å². The maximum absolute atomic E-state index is 12.4. The number of alkyl halides is 3. The van der Waals surface area contributed by atoms with Gasteiger partial charge in [0.2, 0.25) is 0 Å². The fourth-order valence-corrected chi connectivity index (χ4v) is 1.68. The quantitative estimate of drug-likeness (QED) is 0.597. The molecule has 1 heterocycles. The summed E-state index contributed by atoms with van der Waals surface area (Å²) in [6, 6.07) is 0.908. The third kappa shape index (κ3) is 3.19. The Morgan fingerprint density at radius 3 is 2.62 bits per heavy atom. The van der Waals surface area contributed by atoms with Crippen LogP contribution in [0.5, 0.6) is 0 Å². The highest BCUT2D eigenvalue weighted by molar-refractivity contribution is 8.14. The first-order chi connectivity index (χ1) is 7.49. The standard InChI is InChI=1S/C9H10F3N3S/c1-3-16-8(13-2)6-4-7(9(10,11)12)15-5-14-6/h4-5H,3H2,1-2H3. The minimum atomic E-state index is -4.45. The molecule has 0 aliphatic carbocycles. The third-order valence-corrected chi connectivity index (χ3v) is 2.61. The van der Waals surface area contributed by atoms with Crippen LogP contribution in [0.4, 0.5) is 13.2 Å². The van der Waals surface area contributed by atoms with Crippen LogP contribution in [0.2, 0.25) is 0 Å². The largest absolute Gasteiger partial charge is 0.433 e. The third-order valence-electron chi connectivity index (χ3n) is 1.66. The molecular weight excluding hydrogens is 239 g/mol. The average Bonchev–Trinajstić information content (AvgIpc) is 2.25. The molecule has 1 aromatic rings. The van der Waals surface area contributed by atoms with Crippen LogP contribution >= 0.6 is 11.8 Å². The van der Waals surface area contributed by atoms with Gasteiger partial charge >= 0.3 is 6.18 Å². The summed E-state index contributed by atoms with van der Waals surface area (Å²) >= 11 is 1.34. The normalized spacial score (nSPS) is 12.9. The molecule has 88 valence electrons. The molecule has 0 atom stereocenters. The molecule has 0 bridgehead atoms. The highest BCUT2D eigenvalue weighted by Crippen LogP contribution is 2.27. The maximum Gasteiger partial charge on any atom is 0.433 e. The summed E-state index contributed by atoms with van der Waals surface area (Å²) in [5, 5.41) is 0.482. The minimum absolute atomic E-state index is 0.205. The number of nitrogens with zero attached hydrogens (tertiary/aromatic N) is 3. The van der Waals surface area contributed by atoms with Crippen LogP contribution in [-0.4, -0.2) is 27.8 Å². The maximum atomic E-state index is 12.4. The predicted molar refractivity (Wildman–Crippen MR) is 57.6 cm³/mol. The topological polar surface area (TPSA) is 38.1 Å². The van der Waals surface area contributed by atoms with Crippen molar-refractivity contribution in [3.63, 3.8) is 0 Å². The summed E-state index contributed by atoms with van der Waals surface area (Å²) in [4.78, 5) is 10.9. The van der Waals surface area contributed by atoms with Gasteiger partial charge in [0.05, 0.1) is 5.69 Å². The van der Waals surface area contributed by atoms with Gasteiger partial charge in [-0.1, -0.05) is 6.92 Å². The molecule has 1 rings (SSSR count). The van der Waals surface area contributed by atoms with Crippen LogP contribution in [0.25, 0.3) is 0 Å². The Morgan fingerprint density at radius 2 is 2.12 bits per heavy atom. The molecule has 0 amide bonds. The highest BCUT2D eigenvalue weighted by atomic mass is 32.2. The van der Waals surface area contributed by atoms with E-state index in [4.69, 9.17) is 0 Å². The van der Waals surface area contributed by atoms with Crippen molar-refractivity contribution in [1.29, 1.82) is 0 Å².